The van der Waals surface area contributed by atoms with E-state index in [0.717, 1.165) is 41.6 Å². The topological polar surface area (TPSA) is 34.6 Å². The van der Waals surface area contributed by atoms with Gasteiger partial charge in [-0.2, -0.15) is 0 Å². The van der Waals surface area contributed by atoms with Crippen molar-refractivity contribution in [3.63, 3.8) is 0 Å². The molecule has 118 valence electrons. The molecule has 0 spiro atoms. The minimum Gasteiger partial charge on any atom is -0.497 e. The molecule has 1 fully saturated rings. The maximum Gasteiger partial charge on any atom is 0.123 e. The molecular formula is C17H22N2O2S. The molecule has 22 heavy (non-hydrogen) atoms. The molecule has 5 heteroatoms. The van der Waals surface area contributed by atoms with Crippen molar-refractivity contribution in [2.24, 2.45) is 0 Å². The first-order valence-electron chi connectivity index (χ1n) is 7.60. The summed E-state index contributed by atoms with van der Waals surface area (Å²) in [6.45, 7) is 7.09. The second-order valence-corrected chi connectivity index (χ2v) is 6.69. The van der Waals surface area contributed by atoms with E-state index in [9.17, 15) is 0 Å². The molecule has 1 aliphatic heterocycles. The fourth-order valence-electron chi connectivity index (χ4n) is 2.91. The number of hydrogen-bond acceptors (Lipinski definition) is 5. The number of rotatable bonds is 4. The summed E-state index contributed by atoms with van der Waals surface area (Å²) in [6.07, 6.45) is 0.584. The Balaban J connectivity index is 1.70. The van der Waals surface area contributed by atoms with Gasteiger partial charge in [0, 0.05) is 30.6 Å². The molecule has 2 unspecified atom stereocenters. The molecule has 0 N–H and O–H groups in total. The number of methoxy groups -OCH3 is 1. The summed E-state index contributed by atoms with van der Waals surface area (Å²) in [7, 11) is 1.69. The van der Waals surface area contributed by atoms with Crippen LogP contribution in [-0.2, 0) is 11.3 Å². The predicted molar refractivity (Wildman–Crippen MR) is 89.4 cm³/mol. The molecule has 0 aliphatic carbocycles. The number of nitrogens with zero attached hydrogens (tertiary/aromatic N) is 2. The van der Waals surface area contributed by atoms with Gasteiger partial charge >= 0.3 is 0 Å². The first kappa shape index (κ1) is 15.5. The lowest BCUT2D eigenvalue weighted by molar-refractivity contribution is -0.0707. The molecule has 1 aromatic carbocycles. The second kappa shape index (κ2) is 6.77. The molecule has 2 atom stereocenters. The Kier molecular flexibility index (Phi) is 4.76. The zero-order chi connectivity index (χ0) is 15.5. The van der Waals surface area contributed by atoms with Crippen LogP contribution in [-0.4, -0.2) is 42.3 Å². The van der Waals surface area contributed by atoms with Gasteiger partial charge in [0.05, 0.1) is 25.0 Å². The van der Waals surface area contributed by atoms with Gasteiger partial charge in [-0.15, -0.1) is 11.3 Å². The molecule has 4 nitrogen and oxygen atoms in total. The van der Waals surface area contributed by atoms with Crippen molar-refractivity contribution in [2.45, 2.75) is 32.6 Å². The predicted octanol–water partition coefficient (Wildman–Crippen LogP) is 3.43. The van der Waals surface area contributed by atoms with Crippen molar-refractivity contribution < 1.29 is 9.47 Å². The summed E-state index contributed by atoms with van der Waals surface area (Å²) < 4.78 is 11.1. The third-order valence-electron chi connectivity index (χ3n) is 3.75. The quantitative estimate of drug-likeness (QED) is 0.865. The van der Waals surface area contributed by atoms with Gasteiger partial charge in [-0.05, 0) is 26.0 Å². The van der Waals surface area contributed by atoms with Crippen molar-refractivity contribution in [3.05, 3.63) is 35.3 Å². The highest BCUT2D eigenvalue weighted by Crippen LogP contribution is 2.27. The second-order valence-electron chi connectivity index (χ2n) is 5.83. The third-order valence-corrected chi connectivity index (χ3v) is 4.69. The summed E-state index contributed by atoms with van der Waals surface area (Å²) in [5.41, 5.74) is 2.24. The van der Waals surface area contributed by atoms with Gasteiger partial charge in [0.15, 0.2) is 0 Å². The van der Waals surface area contributed by atoms with Gasteiger partial charge in [0.1, 0.15) is 10.8 Å². The van der Waals surface area contributed by atoms with E-state index in [1.54, 1.807) is 18.4 Å². The summed E-state index contributed by atoms with van der Waals surface area (Å²) in [5, 5.41) is 3.20. The van der Waals surface area contributed by atoms with E-state index in [1.165, 1.54) is 0 Å². The summed E-state index contributed by atoms with van der Waals surface area (Å²) in [4.78, 5) is 7.20. The largest absolute Gasteiger partial charge is 0.497 e. The van der Waals surface area contributed by atoms with Crippen molar-refractivity contribution in [1.82, 2.24) is 9.88 Å². The molecule has 1 saturated heterocycles. The fraction of sp³-hybridized carbons (Fsp3) is 0.471. The van der Waals surface area contributed by atoms with Crippen LogP contribution in [0.5, 0.6) is 5.75 Å². The summed E-state index contributed by atoms with van der Waals surface area (Å²) in [5.74, 6) is 0.866. The van der Waals surface area contributed by atoms with Gasteiger partial charge in [0.2, 0.25) is 0 Å². The van der Waals surface area contributed by atoms with Gasteiger partial charge in [-0.25, -0.2) is 4.98 Å². The molecule has 3 rings (SSSR count). The summed E-state index contributed by atoms with van der Waals surface area (Å²) in [6, 6.07) is 8.06. The molecule has 1 aliphatic rings. The Hall–Kier alpha value is -1.43. The number of aromatic nitrogens is 1. The Morgan fingerprint density at radius 2 is 2.09 bits per heavy atom. The zero-order valence-electron chi connectivity index (χ0n) is 13.3. The molecule has 0 radical (unpaired) electrons. The van der Waals surface area contributed by atoms with E-state index < -0.39 is 0 Å². The van der Waals surface area contributed by atoms with E-state index in [0.29, 0.717) is 12.2 Å². The molecular weight excluding hydrogens is 296 g/mol. The highest BCUT2D eigenvalue weighted by Gasteiger charge is 2.22. The van der Waals surface area contributed by atoms with Crippen LogP contribution in [0, 0.1) is 0 Å². The summed E-state index contributed by atoms with van der Waals surface area (Å²) >= 11 is 1.69. The molecule has 2 aromatic rings. The number of benzene rings is 1. The van der Waals surface area contributed by atoms with Crippen LogP contribution in [0.1, 0.15) is 19.5 Å². The van der Waals surface area contributed by atoms with Crippen molar-refractivity contribution in [3.8, 4) is 16.3 Å². The van der Waals surface area contributed by atoms with Crippen LogP contribution < -0.4 is 4.74 Å². The maximum absolute atomic E-state index is 5.78. The van der Waals surface area contributed by atoms with Crippen LogP contribution in [0.2, 0.25) is 0 Å². The third kappa shape index (κ3) is 3.66. The normalized spacial score (nSPS) is 22.7. The van der Waals surface area contributed by atoms with Crippen molar-refractivity contribution >= 4 is 11.3 Å². The Labute approximate surface area is 135 Å². The minimum absolute atomic E-state index is 0.292. The average molecular weight is 318 g/mol. The minimum atomic E-state index is 0.292. The van der Waals surface area contributed by atoms with Crippen molar-refractivity contribution in [2.75, 3.05) is 20.2 Å². The average Bonchev–Trinajstić information content (AvgIpc) is 2.95. The van der Waals surface area contributed by atoms with Crippen LogP contribution in [0.15, 0.2) is 29.6 Å². The van der Waals surface area contributed by atoms with Crippen LogP contribution in [0.4, 0.5) is 0 Å². The SMILES string of the molecule is COc1cccc(-c2nc(CN3CC(C)OC(C)C3)cs2)c1. The van der Waals surface area contributed by atoms with Gasteiger partial charge in [0.25, 0.3) is 0 Å². The van der Waals surface area contributed by atoms with E-state index in [4.69, 9.17) is 14.5 Å². The lowest BCUT2D eigenvalue weighted by Crippen LogP contribution is -2.44. The Morgan fingerprint density at radius 1 is 1.32 bits per heavy atom. The van der Waals surface area contributed by atoms with Gasteiger partial charge < -0.3 is 9.47 Å². The molecule has 0 saturated carbocycles. The van der Waals surface area contributed by atoms with E-state index in [1.807, 2.05) is 18.2 Å². The Morgan fingerprint density at radius 3 is 2.82 bits per heavy atom. The lowest BCUT2D eigenvalue weighted by atomic mass is 10.2. The van der Waals surface area contributed by atoms with E-state index in [-0.39, 0.29) is 0 Å². The number of morpholine rings is 1. The van der Waals surface area contributed by atoms with Crippen LogP contribution >= 0.6 is 11.3 Å². The van der Waals surface area contributed by atoms with E-state index >= 15 is 0 Å². The molecule has 0 amide bonds. The Bertz CT molecular complexity index is 619. The van der Waals surface area contributed by atoms with Gasteiger partial charge in [-0.3, -0.25) is 4.90 Å². The first-order chi connectivity index (χ1) is 10.6. The highest BCUT2D eigenvalue weighted by molar-refractivity contribution is 7.13. The number of thiazole rings is 1. The maximum atomic E-state index is 5.78. The lowest BCUT2D eigenvalue weighted by Gasteiger charge is -2.34. The highest BCUT2D eigenvalue weighted by atomic mass is 32.1. The number of ether oxygens (including phenoxy) is 2. The molecule has 0 bridgehead atoms. The number of hydrogen-bond donors (Lipinski definition) is 0. The molecule has 2 heterocycles. The smallest absolute Gasteiger partial charge is 0.123 e. The molecule has 1 aromatic heterocycles. The van der Waals surface area contributed by atoms with Crippen LogP contribution in [0.3, 0.4) is 0 Å². The zero-order valence-corrected chi connectivity index (χ0v) is 14.1. The van der Waals surface area contributed by atoms with Gasteiger partial charge in [-0.1, -0.05) is 12.1 Å². The standard InChI is InChI=1S/C17H22N2O2S/c1-12-8-19(9-13(2)21-12)10-15-11-22-17(18-15)14-5-4-6-16(7-14)20-3/h4-7,11-13H,8-10H2,1-3H3. The van der Waals surface area contributed by atoms with Crippen LogP contribution in [0.25, 0.3) is 10.6 Å². The van der Waals surface area contributed by atoms with E-state index in [2.05, 4.69) is 30.2 Å². The first-order valence-corrected chi connectivity index (χ1v) is 8.48. The fourth-order valence-corrected chi connectivity index (χ4v) is 3.72. The van der Waals surface area contributed by atoms with Crippen molar-refractivity contribution in [1.29, 1.82) is 0 Å². The monoisotopic (exact) mass is 318 g/mol.